The molecular formula is C14H15FN2O4. The Morgan fingerprint density at radius 1 is 1.24 bits per heavy atom. The minimum Gasteiger partial charge on any atom is -0.481 e. The lowest BCUT2D eigenvalue weighted by atomic mass is 10.1. The third-order valence-electron chi connectivity index (χ3n) is 3.25. The highest BCUT2D eigenvalue weighted by Gasteiger charge is 2.38. The fourth-order valence-electron chi connectivity index (χ4n) is 2.16. The van der Waals surface area contributed by atoms with Gasteiger partial charge in [0.15, 0.2) is 0 Å². The van der Waals surface area contributed by atoms with Crippen molar-refractivity contribution in [3.63, 3.8) is 0 Å². The van der Waals surface area contributed by atoms with Crippen molar-refractivity contribution in [2.24, 2.45) is 0 Å². The molecule has 0 spiro atoms. The van der Waals surface area contributed by atoms with E-state index < -0.39 is 29.8 Å². The second-order valence-electron chi connectivity index (χ2n) is 4.77. The van der Waals surface area contributed by atoms with Gasteiger partial charge in [0.2, 0.25) is 0 Å². The summed E-state index contributed by atoms with van der Waals surface area (Å²) >= 11 is 0. The maximum atomic E-state index is 12.9. The molecular weight excluding hydrogens is 279 g/mol. The number of urea groups is 1. The van der Waals surface area contributed by atoms with Crippen LogP contribution >= 0.6 is 0 Å². The molecule has 0 radical (unpaired) electrons. The van der Waals surface area contributed by atoms with Gasteiger partial charge in [-0.15, -0.1) is 0 Å². The van der Waals surface area contributed by atoms with Crippen molar-refractivity contribution in [3.05, 3.63) is 35.6 Å². The zero-order chi connectivity index (χ0) is 15.4. The molecule has 3 amide bonds. The third kappa shape index (κ3) is 3.56. The van der Waals surface area contributed by atoms with E-state index in [0.717, 1.165) is 4.90 Å². The molecule has 0 bridgehead atoms. The van der Waals surface area contributed by atoms with Gasteiger partial charge in [0.05, 0.1) is 0 Å². The number of carboxylic acids is 1. The van der Waals surface area contributed by atoms with E-state index in [1.54, 1.807) is 0 Å². The van der Waals surface area contributed by atoms with Crippen molar-refractivity contribution >= 4 is 17.9 Å². The molecule has 1 unspecified atom stereocenters. The Labute approximate surface area is 120 Å². The molecule has 1 heterocycles. The number of nitrogens with one attached hydrogen (secondary N) is 1. The van der Waals surface area contributed by atoms with Crippen LogP contribution < -0.4 is 5.32 Å². The summed E-state index contributed by atoms with van der Waals surface area (Å²) in [6.45, 7) is 0.176. The first-order chi connectivity index (χ1) is 9.99. The number of amides is 3. The Hall–Kier alpha value is -2.44. The number of imide groups is 1. The molecule has 1 fully saturated rings. The maximum Gasteiger partial charge on any atom is 0.325 e. The Kier molecular flexibility index (Phi) is 4.52. The van der Waals surface area contributed by atoms with E-state index in [4.69, 9.17) is 5.11 Å². The maximum absolute atomic E-state index is 12.9. The second kappa shape index (κ2) is 6.34. The smallest absolute Gasteiger partial charge is 0.325 e. The van der Waals surface area contributed by atoms with Gasteiger partial charge in [0.1, 0.15) is 11.9 Å². The third-order valence-corrected chi connectivity index (χ3v) is 3.25. The van der Waals surface area contributed by atoms with Gasteiger partial charge < -0.3 is 10.4 Å². The number of rotatable bonds is 6. The molecule has 1 aliphatic heterocycles. The lowest BCUT2D eigenvalue weighted by Gasteiger charge is -2.12. The molecule has 2 N–H and O–H groups in total. The molecule has 21 heavy (non-hydrogen) atoms. The van der Waals surface area contributed by atoms with Gasteiger partial charge in [-0.3, -0.25) is 14.5 Å². The molecule has 6 nitrogen and oxygen atoms in total. The van der Waals surface area contributed by atoms with Crippen molar-refractivity contribution in [2.75, 3.05) is 6.54 Å². The van der Waals surface area contributed by atoms with Crippen LogP contribution in [0.15, 0.2) is 24.3 Å². The average molecular weight is 294 g/mol. The summed E-state index contributed by atoms with van der Waals surface area (Å²) in [6, 6.07) is 4.04. The average Bonchev–Trinajstić information content (AvgIpc) is 2.71. The van der Waals surface area contributed by atoms with E-state index in [-0.39, 0.29) is 13.0 Å². The van der Waals surface area contributed by atoms with Crippen LogP contribution in [0.5, 0.6) is 0 Å². The second-order valence-corrected chi connectivity index (χ2v) is 4.77. The Balaban J connectivity index is 1.96. The highest BCUT2D eigenvalue weighted by molar-refractivity contribution is 6.04. The minimum atomic E-state index is -0.906. The topological polar surface area (TPSA) is 86.7 Å². The normalized spacial score (nSPS) is 18.0. The molecule has 2 rings (SSSR count). The Morgan fingerprint density at radius 3 is 2.52 bits per heavy atom. The molecule has 1 aromatic carbocycles. The van der Waals surface area contributed by atoms with Gasteiger partial charge in [-0.1, -0.05) is 12.1 Å². The highest BCUT2D eigenvalue weighted by Crippen LogP contribution is 2.22. The number of unbranched alkanes of at least 4 members (excludes halogenated alkanes) is 1. The summed E-state index contributed by atoms with van der Waals surface area (Å²) in [5.41, 5.74) is 0.516. The van der Waals surface area contributed by atoms with Crippen molar-refractivity contribution in [3.8, 4) is 0 Å². The number of hydrogen-bond donors (Lipinski definition) is 2. The Morgan fingerprint density at radius 2 is 1.90 bits per heavy atom. The summed E-state index contributed by atoms with van der Waals surface area (Å²) in [5.74, 6) is -1.72. The summed E-state index contributed by atoms with van der Waals surface area (Å²) in [5, 5.41) is 11.1. The fraction of sp³-hybridized carbons (Fsp3) is 0.357. The van der Waals surface area contributed by atoms with Crippen molar-refractivity contribution in [1.82, 2.24) is 10.2 Å². The first kappa shape index (κ1) is 15.0. The summed E-state index contributed by atoms with van der Waals surface area (Å²) < 4.78 is 12.9. The molecule has 1 atom stereocenters. The van der Waals surface area contributed by atoms with Gasteiger partial charge in [-0.05, 0) is 30.5 Å². The summed E-state index contributed by atoms with van der Waals surface area (Å²) in [7, 11) is 0. The van der Waals surface area contributed by atoms with Gasteiger partial charge >= 0.3 is 12.0 Å². The van der Waals surface area contributed by atoms with Gasteiger partial charge in [-0.25, -0.2) is 9.18 Å². The lowest BCUT2D eigenvalue weighted by molar-refractivity contribution is -0.137. The largest absolute Gasteiger partial charge is 0.481 e. The number of hydrogen-bond acceptors (Lipinski definition) is 3. The van der Waals surface area contributed by atoms with Crippen LogP contribution in [-0.2, 0) is 9.59 Å². The number of carbonyl (C=O) groups is 3. The van der Waals surface area contributed by atoms with E-state index in [9.17, 15) is 18.8 Å². The molecule has 1 aromatic rings. The molecule has 1 aliphatic rings. The van der Waals surface area contributed by atoms with Crippen LogP contribution in [0.25, 0.3) is 0 Å². The minimum absolute atomic E-state index is 0.00500. The molecule has 0 saturated carbocycles. The van der Waals surface area contributed by atoms with Crippen LogP contribution in [0.4, 0.5) is 9.18 Å². The molecule has 112 valence electrons. The van der Waals surface area contributed by atoms with Gasteiger partial charge in [0, 0.05) is 13.0 Å². The standard InChI is InChI=1S/C14H15FN2O4/c15-10-6-4-9(5-7-10)12-13(20)17(14(21)16-12)8-2-1-3-11(18)19/h4-7,12H,1-3,8H2,(H,16,21)(H,18,19). The molecule has 1 saturated heterocycles. The molecule has 0 aliphatic carbocycles. The van der Waals surface area contributed by atoms with Crippen molar-refractivity contribution in [1.29, 1.82) is 0 Å². The van der Waals surface area contributed by atoms with Gasteiger partial charge in [0.25, 0.3) is 5.91 Å². The monoisotopic (exact) mass is 294 g/mol. The number of carbonyl (C=O) groups excluding carboxylic acids is 2. The number of nitrogens with zero attached hydrogens (tertiary/aromatic N) is 1. The summed E-state index contributed by atoms with van der Waals surface area (Å²) in [6.07, 6.45) is 0.834. The van der Waals surface area contributed by atoms with Crippen LogP contribution in [0.3, 0.4) is 0 Å². The predicted octanol–water partition coefficient (Wildman–Crippen LogP) is 1.67. The van der Waals surface area contributed by atoms with Crippen molar-refractivity contribution < 1.29 is 23.9 Å². The number of benzene rings is 1. The number of carboxylic acid groups (broad SMARTS) is 1. The van der Waals surface area contributed by atoms with E-state index in [0.29, 0.717) is 18.4 Å². The van der Waals surface area contributed by atoms with E-state index >= 15 is 0 Å². The van der Waals surface area contributed by atoms with Crippen LogP contribution in [0.2, 0.25) is 0 Å². The number of halogens is 1. The van der Waals surface area contributed by atoms with Gasteiger partial charge in [-0.2, -0.15) is 0 Å². The lowest BCUT2D eigenvalue weighted by Crippen LogP contribution is -2.31. The highest BCUT2D eigenvalue weighted by atomic mass is 19.1. The van der Waals surface area contributed by atoms with E-state index in [1.165, 1.54) is 24.3 Å². The zero-order valence-corrected chi connectivity index (χ0v) is 11.2. The van der Waals surface area contributed by atoms with E-state index in [2.05, 4.69) is 5.32 Å². The zero-order valence-electron chi connectivity index (χ0n) is 11.2. The van der Waals surface area contributed by atoms with Crippen LogP contribution in [-0.4, -0.2) is 34.5 Å². The SMILES string of the molecule is O=C(O)CCCCN1C(=O)NC(c2ccc(F)cc2)C1=O. The first-order valence-corrected chi connectivity index (χ1v) is 6.58. The molecule has 0 aromatic heterocycles. The number of aliphatic carboxylic acids is 1. The fourth-order valence-corrected chi connectivity index (χ4v) is 2.16. The summed E-state index contributed by atoms with van der Waals surface area (Å²) in [4.78, 5) is 35.4. The predicted molar refractivity (Wildman–Crippen MR) is 70.9 cm³/mol. The van der Waals surface area contributed by atoms with Crippen LogP contribution in [0, 0.1) is 5.82 Å². The Bertz CT molecular complexity index is 559. The quantitative estimate of drug-likeness (QED) is 0.617. The van der Waals surface area contributed by atoms with Crippen LogP contribution in [0.1, 0.15) is 30.9 Å². The molecule has 7 heteroatoms. The van der Waals surface area contributed by atoms with E-state index in [1.807, 2.05) is 0 Å². The first-order valence-electron chi connectivity index (χ1n) is 6.58. The van der Waals surface area contributed by atoms with Crippen molar-refractivity contribution in [2.45, 2.75) is 25.3 Å².